The van der Waals surface area contributed by atoms with Gasteiger partial charge in [0.2, 0.25) is 0 Å². The summed E-state index contributed by atoms with van der Waals surface area (Å²) in [4.78, 5) is 73.1. The van der Waals surface area contributed by atoms with Crippen molar-refractivity contribution >= 4 is 39.5 Å². The largest absolute Gasteiger partial charge is 0.472 e. The van der Waals surface area contributed by atoms with Gasteiger partial charge in [0, 0.05) is 25.7 Å². The lowest BCUT2D eigenvalue weighted by molar-refractivity contribution is -0.161. The topological polar surface area (TPSA) is 237 Å². The first-order valence-corrected chi connectivity index (χ1v) is 45.7. The fourth-order valence-corrected chi connectivity index (χ4v) is 14.3. The van der Waals surface area contributed by atoms with E-state index in [0.717, 1.165) is 102 Å². The third-order valence-corrected chi connectivity index (χ3v) is 21.5. The molecule has 0 aliphatic heterocycles. The molecule has 0 aromatic carbocycles. The van der Waals surface area contributed by atoms with Crippen molar-refractivity contribution < 1.29 is 80.2 Å². The zero-order chi connectivity index (χ0) is 74.1. The molecule has 0 aromatic heterocycles. The van der Waals surface area contributed by atoms with E-state index in [0.29, 0.717) is 25.7 Å². The number of aliphatic hydroxyl groups is 1. The molecule has 3 N–H and O–H groups in total. The number of carbonyl (C=O) groups excluding carboxylic acids is 4. The third-order valence-electron chi connectivity index (χ3n) is 19.6. The molecule has 0 radical (unpaired) electrons. The van der Waals surface area contributed by atoms with Gasteiger partial charge in [-0.2, -0.15) is 0 Å². The van der Waals surface area contributed by atoms with E-state index in [4.69, 9.17) is 37.0 Å². The van der Waals surface area contributed by atoms with Crippen molar-refractivity contribution in [1.82, 2.24) is 0 Å². The van der Waals surface area contributed by atoms with E-state index in [1.165, 1.54) is 257 Å². The normalized spacial score (nSPS) is 14.1. The maximum Gasteiger partial charge on any atom is 0.472 e. The molecule has 0 rings (SSSR count). The van der Waals surface area contributed by atoms with Crippen molar-refractivity contribution in [3.05, 3.63) is 0 Å². The minimum atomic E-state index is -4.96. The van der Waals surface area contributed by atoms with Crippen LogP contribution in [0.2, 0.25) is 0 Å². The number of phosphoric ester groups is 2. The first-order chi connectivity index (χ1) is 49.1. The van der Waals surface area contributed by atoms with Crippen molar-refractivity contribution in [2.24, 2.45) is 5.92 Å². The van der Waals surface area contributed by atoms with Crippen LogP contribution in [0, 0.1) is 5.92 Å². The van der Waals surface area contributed by atoms with Gasteiger partial charge in [-0.25, -0.2) is 9.13 Å². The van der Waals surface area contributed by atoms with E-state index in [1.807, 2.05) is 0 Å². The summed E-state index contributed by atoms with van der Waals surface area (Å²) < 4.78 is 68.8. The molecule has 0 bridgehead atoms. The summed E-state index contributed by atoms with van der Waals surface area (Å²) in [7, 11) is -9.92. The molecule has 101 heavy (non-hydrogen) atoms. The molecule has 600 valence electrons. The van der Waals surface area contributed by atoms with Crippen LogP contribution in [0.5, 0.6) is 0 Å². The zero-order valence-electron chi connectivity index (χ0n) is 66.1. The van der Waals surface area contributed by atoms with E-state index in [-0.39, 0.29) is 25.7 Å². The monoisotopic (exact) mass is 1480 g/mol. The van der Waals surface area contributed by atoms with Crippen LogP contribution in [0.15, 0.2) is 0 Å². The van der Waals surface area contributed by atoms with Crippen LogP contribution < -0.4 is 0 Å². The second-order valence-electron chi connectivity index (χ2n) is 29.8. The summed E-state index contributed by atoms with van der Waals surface area (Å²) in [5.41, 5.74) is 0. The van der Waals surface area contributed by atoms with Gasteiger partial charge >= 0.3 is 39.5 Å². The molecule has 6 atom stereocenters. The number of hydrogen-bond donors (Lipinski definition) is 3. The number of unbranched alkanes of at least 4 members (excludes halogenated alkanes) is 53. The number of carbonyl (C=O) groups is 4. The van der Waals surface area contributed by atoms with E-state index >= 15 is 0 Å². The standard InChI is InChI=1S/C82H160O17P2/c1-6-10-13-16-19-22-25-28-31-34-35-36-39-42-45-48-51-58-63-67-81(86)98-77(71-92-79(84)65-60-55-49-46-43-40-37-32-29-26-23-20-17-14-11-7-2)73-96-100(88,89)94-69-76(83)70-95-101(90,91)97-74-78(72-93-80(85)66-61-56-53-52-54-59-64-75(5)9-4)99-82(87)68-62-57-50-47-44-41-38-33-30-27-24-21-18-15-12-8-3/h75-78,83H,6-74H2,1-5H3,(H,88,89)(H,90,91)/t75?,76-,77-,78-/m1/s1. The van der Waals surface area contributed by atoms with Gasteiger partial charge in [0.05, 0.1) is 26.4 Å². The lowest BCUT2D eigenvalue weighted by Crippen LogP contribution is -2.30. The number of rotatable bonds is 82. The minimum Gasteiger partial charge on any atom is -0.462 e. The third kappa shape index (κ3) is 74.7. The van der Waals surface area contributed by atoms with Crippen LogP contribution in [0.25, 0.3) is 0 Å². The Balaban J connectivity index is 5.24. The van der Waals surface area contributed by atoms with Gasteiger partial charge < -0.3 is 33.8 Å². The van der Waals surface area contributed by atoms with E-state index in [9.17, 15) is 43.2 Å². The lowest BCUT2D eigenvalue weighted by atomic mass is 10.00. The van der Waals surface area contributed by atoms with Crippen molar-refractivity contribution in [3.8, 4) is 0 Å². The fourth-order valence-electron chi connectivity index (χ4n) is 12.7. The molecule has 3 unspecified atom stereocenters. The number of phosphoric acid groups is 2. The Labute approximate surface area is 619 Å². The maximum atomic E-state index is 13.1. The smallest absolute Gasteiger partial charge is 0.462 e. The van der Waals surface area contributed by atoms with Crippen molar-refractivity contribution in [3.63, 3.8) is 0 Å². The zero-order valence-corrected chi connectivity index (χ0v) is 67.8. The fraction of sp³-hybridized carbons (Fsp3) is 0.951. The van der Waals surface area contributed by atoms with E-state index in [2.05, 4.69) is 34.6 Å². The van der Waals surface area contributed by atoms with Crippen molar-refractivity contribution in [1.29, 1.82) is 0 Å². The van der Waals surface area contributed by atoms with Gasteiger partial charge in [0.15, 0.2) is 12.2 Å². The second-order valence-corrected chi connectivity index (χ2v) is 32.7. The molecule has 0 aliphatic rings. The predicted octanol–water partition coefficient (Wildman–Crippen LogP) is 24.8. The number of esters is 4. The SMILES string of the molecule is CCCCCCCCCCCCCCCCCCCCCC(=O)O[C@H](COC(=O)CCCCCCCCCCCCCCCCCC)COP(=O)(O)OC[C@@H](O)COP(=O)(O)OC[C@@H](COC(=O)CCCCCCCCC(C)CC)OC(=O)CCCCCCCCCCCCCCCCCC. The average Bonchev–Trinajstić information content (AvgIpc) is 0.975. The van der Waals surface area contributed by atoms with Gasteiger partial charge in [0.25, 0.3) is 0 Å². The average molecular weight is 1480 g/mol. The second kappa shape index (κ2) is 74.9. The highest BCUT2D eigenvalue weighted by Crippen LogP contribution is 2.45. The molecule has 0 aromatic rings. The molecule has 17 nitrogen and oxygen atoms in total. The molecular formula is C82H160O17P2. The molecule has 0 aliphatic carbocycles. The van der Waals surface area contributed by atoms with Gasteiger partial charge in [-0.15, -0.1) is 0 Å². The Morgan fingerprint density at radius 2 is 0.475 bits per heavy atom. The molecule has 0 fully saturated rings. The Morgan fingerprint density at radius 3 is 0.703 bits per heavy atom. The summed E-state index contributed by atoms with van der Waals surface area (Å²) in [6.07, 6.45) is 66.6. The number of ether oxygens (including phenoxy) is 4. The Kier molecular flexibility index (Phi) is 73.5. The van der Waals surface area contributed by atoms with Gasteiger partial charge in [0.1, 0.15) is 19.3 Å². The quantitative estimate of drug-likeness (QED) is 0.0222. The molecular weight excluding hydrogens is 1320 g/mol. The van der Waals surface area contributed by atoms with Crippen LogP contribution in [0.1, 0.15) is 439 Å². The van der Waals surface area contributed by atoms with Crippen LogP contribution in [0.3, 0.4) is 0 Å². The Bertz CT molecular complexity index is 1930. The van der Waals surface area contributed by atoms with Crippen LogP contribution in [-0.2, 0) is 65.4 Å². The minimum absolute atomic E-state index is 0.108. The van der Waals surface area contributed by atoms with E-state index < -0.39 is 97.5 Å². The first kappa shape index (κ1) is 99.1. The molecule has 19 heteroatoms. The predicted molar refractivity (Wildman–Crippen MR) is 414 cm³/mol. The van der Waals surface area contributed by atoms with Gasteiger partial charge in [-0.3, -0.25) is 37.3 Å². The van der Waals surface area contributed by atoms with Crippen LogP contribution in [-0.4, -0.2) is 96.7 Å². The van der Waals surface area contributed by atoms with Crippen LogP contribution in [0.4, 0.5) is 0 Å². The summed E-state index contributed by atoms with van der Waals surface area (Å²) in [6, 6.07) is 0. The molecule has 0 heterocycles. The molecule has 0 saturated heterocycles. The number of aliphatic hydroxyl groups excluding tert-OH is 1. The summed E-state index contributed by atoms with van der Waals surface area (Å²) in [6.45, 7) is 7.31. The number of hydrogen-bond acceptors (Lipinski definition) is 15. The Morgan fingerprint density at radius 1 is 0.277 bits per heavy atom. The molecule has 0 saturated carbocycles. The summed E-state index contributed by atoms with van der Waals surface area (Å²) in [5, 5.41) is 10.7. The maximum absolute atomic E-state index is 13.1. The van der Waals surface area contributed by atoms with Crippen molar-refractivity contribution in [2.45, 2.75) is 457 Å². The van der Waals surface area contributed by atoms with Crippen LogP contribution >= 0.6 is 15.6 Å². The summed E-state index contributed by atoms with van der Waals surface area (Å²) in [5.74, 6) is -1.37. The van der Waals surface area contributed by atoms with E-state index in [1.54, 1.807) is 0 Å². The highest BCUT2D eigenvalue weighted by Gasteiger charge is 2.30. The van der Waals surface area contributed by atoms with Crippen molar-refractivity contribution in [2.75, 3.05) is 39.6 Å². The Hall–Kier alpha value is -1.94. The molecule has 0 spiro atoms. The highest BCUT2D eigenvalue weighted by atomic mass is 31.2. The lowest BCUT2D eigenvalue weighted by Gasteiger charge is -2.21. The first-order valence-electron chi connectivity index (χ1n) is 42.7. The van der Waals surface area contributed by atoms with Gasteiger partial charge in [-0.05, 0) is 31.6 Å². The summed E-state index contributed by atoms with van der Waals surface area (Å²) >= 11 is 0. The molecule has 0 amide bonds. The highest BCUT2D eigenvalue weighted by molar-refractivity contribution is 7.47. The van der Waals surface area contributed by atoms with Gasteiger partial charge in [-0.1, -0.05) is 388 Å².